The predicted molar refractivity (Wildman–Crippen MR) is 270 cm³/mol. The van der Waals surface area contributed by atoms with Crippen LogP contribution < -0.4 is 0 Å². The normalized spacial score (nSPS) is 12.9. The number of hydrogen-bond acceptors (Lipinski definition) is 6. The summed E-state index contributed by atoms with van der Waals surface area (Å²) in [5.41, 5.74) is 0. The Kier molecular flexibility index (Phi) is 48.0. The Labute approximate surface area is 387 Å². The molecule has 0 aliphatic carbocycles. The van der Waals surface area contributed by atoms with Gasteiger partial charge in [-0.15, -0.1) is 0 Å². The van der Waals surface area contributed by atoms with Gasteiger partial charge in [0.15, 0.2) is 6.10 Å². The summed E-state index contributed by atoms with van der Waals surface area (Å²) in [5, 5.41) is 0. The van der Waals surface area contributed by atoms with Gasteiger partial charge < -0.3 is 14.2 Å². The highest BCUT2D eigenvalue weighted by Crippen LogP contribution is 2.15. The van der Waals surface area contributed by atoms with E-state index in [1.807, 2.05) is 72.9 Å². The number of ether oxygens (including phenoxy) is 3. The number of rotatable bonds is 45. The van der Waals surface area contributed by atoms with Gasteiger partial charge in [-0.3, -0.25) is 14.4 Å². The molecular formula is C57H94O6. The van der Waals surface area contributed by atoms with Crippen LogP contribution in [-0.2, 0) is 28.6 Å². The Bertz CT molecular complexity index is 1280. The Morgan fingerprint density at radius 2 is 0.635 bits per heavy atom. The van der Waals surface area contributed by atoms with Gasteiger partial charge in [-0.25, -0.2) is 0 Å². The largest absolute Gasteiger partial charge is 0.462 e. The second-order valence-electron chi connectivity index (χ2n) is 16.9. The van der Waals surface area contributed by atoms with Gasteiger partial charge in [0, 0.05) is 19.3 Å². The maximum absolute atomic E-state index is 12.8. The molecule has 0 aliphatic heterocycles. The minimum Gasteiger partial charge on any atom is -0.462 e. The molecule has 6 heteroatoms. The lowest BCUT2D eigenvalue weighted by Gasteiger charge is -2.18. The molecule has 0 saturated heterocycles. The van der Waals surface area contributed by atoms with E-state index in [9.17, 15) is 14.4 Å². The number of esters is 3. The lowest BCUT2D eigenvalue weighted by atomic mass is 10.0. The van der Waals surface area contributed by atoms with E-state index in [-0.39, 0.29) is 31.1 Å². The average molecular weight is 875 g/mol. The first-order valence-corrected chi connectivity index (χ1v) is 25.8. The van der Waals surface area contributed by atoms with Gasteiger partial charge in [0.1, 0.15) is 13.2 Å². The van der Waals surface area contributed by atoms with Gasteiger partial charge in [-0.2, -0.15) is 0 Å². The molecule has 1 unspecified atom stereocenters. The SMILES string of the molecule is CC\C=C/C=C\C=C/C=C\C=C\C=C/C=C\CCCCCC(=O)OCC(COC(=O)CCCCCCC/C=C\CCCCC)OC(=O)CCCCCCCCCCCCCCCC. The topological polar surface area (TPSA) is 78.9 Å². The van der Waals surface area contributed by atoms with Gasteiger partial charge >= 0.3 is 17.9 Å². The molecule has 0 amide bonds. The highest BCUT2D eigenvalue weighted by atomic mass is 16.6. The molecule has 358 valence electrons. The summed E-state index contributed by atoms with van der Waals surface area (Å²) in [6, 6.07) is 0. The van der Waals surface area contributed by atoms with Crippen LogP contribution in [0.2, 0.25) is 0 Å². The maximum atomic E-state index is 12.8. The number of unbranched alkanes of at least 4 members (excludes halogenated alkanes) is 24. The first kappa shape index (κ1) is 59.3. The van der Waals surface area contributed by atoms with E-state index in [0.717, 1.165) is 83.5 Å². The monoisotopic (exact) mass is 875 g/mol. The van der Waals surface area contributed by atoms with E-state index in [2.05, 4.69) is 45.1 Å². The van der Waals surface area contributed by atoms with Gasteiger partial charge in [0.05, 0.1) is 0 Å². The quantitative estimate of drug-likeness (QED) is 0.0199. The third kappa shape index (κ3) is 49.2. The molecule has 63 heavy (non-hydrogen) atoms. The number of allylic oxidation sites excluding steroid dienone is 16. The molecule has 6 nitrogen and oxygen atoms in total. The molecule has 0 bridgehead atoms. The predicted octanol–water partition coefficient (Wildman–Crippen LogP) is 17.0. The highest BCUT2D eigenvalue weighted by molar-refractivity contribution is 5.71. The van der Waals surface area contributed by atoms with Crippen molar-refractivity contribution >= 4 is 17.9 Å². The maximum Gasteiger partial charge on any atom is 0.306 e. The van der Waals surface area contributed by atoms with E-state index in [4.69, 9.17) is 14.2 Å². The summed E-state index contributed by atoms with van der Waals surface area (Å²) >= 11 is 0. The van der Waals surface area contributed by atoms with E-state index < -0.39 is 6.10 Å². The average Bonchev–Trinajstić information content (AvgIpc) is 3.28. The summed E-state index contributed by atoms with van der Waals surface area (Å²) in [6.07, 6.45) is 66.7. The molecule has 0 aliphatic rings. The van der Waals surface area contributed by atoms with Gasteiger partial charge in [-0.1, -0.05) is 240 Å². The third-order valence-corrected chi connectivity index (χ3v) is 10.8. The van der Waals surface area contributed by atoms with Crippen LogP contribution in [0, 0.1) is 0 Å². The first-order valence-electron chi connectivity index (χ1n) is 25.8. The Morgan fingerprint density at radius 3 is 1.06 bits per heavy atom. The molecule has 0 fully saturated rings. The van der Waals surface area contributed by atoms with Crippen LogP contribution in [0.3, 0.4) is 0 Å². The van der Waals surface area contributed by atoms with Crippen molar-refractivity contribution in [3.63, 3.8) is 0 Å². The van der Waals surface area contributed by atoms with E-state index in [1.165, 1.54) is 103 Å². The lowest BCUT2D eigenvalue weighted by Crippen LogP contribution is -2.30. The van der Waals surface area contributed by atoms with Crippen LogP contribution in [-0.4, -0.2) is 37.2 Å². The van der Waals surface area contributed by atoms with Crippen molar-refractivity contribution in [2.24, 2.45) is 0 Å². The van der Waals surface area contributed by atoms with Crippen molar-refractivity contribution < 1.29 is 28.6 Å². The second-order valence-corrected chi connectivity index (χ2v) is 16.9. The third-order valence-electron chi connectivity index (χ3n) is 10.8. The molecule has 0 aromatic rings. The highest BCUT2D eigenvalue weighted by Gasteiger charge is 2.19. The van der Waals surface area contributed by atoms with Crippen molar-refractivity contribution in [1.82, 2.24) is 0 Å². The van der Waals surface area contributed by atoms with Gasteiger partial charge in [0.2, 0.25) is 0 Å². The standard InChI is InChI=1S/C57H94O6/c1-4-7-10-13-16-19-22-25-27-28-29-30-31-33-35-38-41-44-47-50-56(59)62-53-54(52-61-55(58)49-46-43-40-37-34-24-21-18-15-12-9-6-3)63-57(60)51-48-45-42-39-36-32-26-23-20-17-14-11-8-5-2/h7,10,13,16,18-19,21-22,25,27-31,33,35,54H,4-6,8-9,11-12,14-15,17,20,23-24,26,32,34,36-53H2,1-3H3/b10-7-,16-13-,21-18-,22-19-,27-25-,29-28+,31-30-,35-33-. The second kappa shape index (κ2) is 51.0. The van der Waals surface area contributed by atoms with Crippen molar-refractivity contribution in [2.45, 2.75) is 232 Å². The van der Waals surface area contributed by atoms with E-state index in [1.54, 1.807) is 0 Å². The van der Waals surface area contributed by atoms with Crippen molar-refractivity contribution in [2.75, 3.05) is 13.2 Å². The molecule has 1 atom stereocenters. The van der Waals surface area contributed by atoms with Crippen LogP contribution in [0.15, 0.2) is 97.2 Å². The fourth-order valence-corrected chi connectivity index (χ4v) is 6.89. The molecule has 0 aromatic carbocycles. The first-order chi connectivity index (χ1) is 31.0. The van der Waals surface area contributed by atoms with E-state index >= 15 is 0 Å². The van der Waals surface area contributed by atoms with Crippen molar-refractivity contribution in [1.29, 1.82) is 0 Å². The van der Waals surface area contributed by atoms with Crippen LogP contribution in [0.4, 0.5) is 0 Å². The summed E-state index contributed by atoms with van der Waals surface area (Å²) in [6.45, 7) is 6.42. The smallest absolute Gasteiger partial charge is 0.306 e. The van der Waals surface area contributed by atoms with Crippen LogP contribution in [0.5, 0.6) is 0 Å². The summed E-state index contributed by atoms with van der Waals surface area (Å²) in [4.78, 5) is 38.0. The number of carbonyl (C=O) groups is 3. The summed E-state index contributed by atoms with van der Waals surface area (Å²) in [7, 11) is 0. The minimum atomic E-state index is -0.798. The van der Waals surface area contributed by atoms with Crippen LogP contribution in [0.25, 0.3) is 0 Å². The number of carbonyl (C=O) groups excluding carboxylic acids is 3. The molecule has 0 heterocycles. The van der Waals surface area contributed by atoms with Gasteiger partial charge in [-0.05, 0) is 64.2 Å². The zero-order valence-electron chi connectivity index (χ0n) is 40.8. The molecule has 0 spiro atoms. The molecule has 0 saturated carbocycles. The van der Waals surface area contributed by atoms with Crippen LogP contribution >= 0.6 is 0 Å². The summed E-state index contributed by atoms with van der Waals surface area (Å²) in [5.74, 6) is -0.952. The van der Waals surface area contributed by atoms with E-state index in [0.29, 0.717) is 19.3 Å². The Hall–Kier alpha value is -3.67. The molecule has 0 rings (SSSR count). The molecule has 0 radical (unpaired) electrons. The fourth-order valence-electron chi connectivity index (χ4n) is 6.89. The van der Waals surface area contributed by atoms with Gasteiger partial charge in [0.25, 0.3) is 0 Å². The summed E-state index contributed by atoms with van der Waals surface area (Å²) < 4.78 is 16.8. The molecule has 0 N–H and O–H groups in total. The molecule has 0 aromatic heterocycles. The number of hydrogen-bond donors (Lipinski definition) is 0. The molecular weight excluding hydrogens is 781 g/mol. The van der Waals surface area contributed by atoms with Crippen molar-refractivity contribution in [3.8, 4) is 0 Å². The lowest BCUT2D eigenvalue weighted by molar-refractivity contribution is -0.167. The Morgan fingerprint density at radius 1 is 0.333 bits per heavy atom. The zero-order chi connectivity index (χ0) is 45.8. The Balaban J connectivity index is 4.49. The van der Waals surface area contributed by atoms with Crippen molar-refractivity contribution in [3.05, 3.63) is 97.2 Å². The van der Waals surface area contributed by atoms with Crippen LogP contribution in [0.1, 0.15) is 226 Å². The fraction of sp³-hybridized carbons (Fsp3) is 0.667. The minimum absolute atomic E-state index is 0.0962. The zero-order valence-corrected chi connectivity index (χ0v) is 40.8.